The van der Waals surface area contributed by atoms with E-state index in [1.165, 1.54) is 10.4 Å². The molecular weight excluding hydrogens is 396 g/mol. The molecule has 1 fully saturated rings. The standard InChI is InChI=1S/C20H24N2O4S2/c1-15-6-7-18(13-19(15)28(24,25)22-8-10-26-11-9-22)21-20(23)17-5-3-4-16(12-17)14-27-2/h3-7,12-13H,8-11,14H2,1-2H3,(H,21,23). The first kappa shape index (κ1) is 20.9. The van der Waals surface area contributed by atoms with Crippen molar-refractivity contribution in [2.24, 2.45) is 0 Å². The Kier molecular flexibility index (Phi) is 6.77. The zero-order valence-corrected chi connectivity index (χ0v) is 17.6. The third kappa shape index (κ3) is 4.75. The van der Waals surface area contributed by atoms with Gasteiger partial charge in [0.25, 0.3) is 5.91 Å². The maximum absolute atomic E-state index is 13.0. The highest BCUT2D eigenvalue weighted by Gasteiger charge is 2.28. The van der Waals surface area contributed by atoms with Gasteiger partial charge in [0.1, 0.15) is 0 Å². The number of aryl methyl sites for hydroxylation is 1. The topological polar surface area (TPSA) is 75.7 Å². The number of amides is 1. The summed E-state index contributed by atoms with van der Waals surface area (Å²) in [6.07, 6.45) is 2.01. The number of nitrogens with zero attached hydrogens (tertiary/aromatic N) is 1. The number of hydrogen-bond donors (Lipinski definition) is 1. The summed E-state index contributed by atoms with van der Waals surface area (Å²) in [5.41, 5.74) is 2.72. The van der Waals surface area contributed by atoms with Crippen molar-refractivity contribution in [3.05, 3.63) is 59.2 Å². The normalized spacial score (nSPS) is 15.4. The molecule has 0 atom stereocenters. The summed E-state index contributed by atoms with van der Waals surface area (Å²) < 4.78 is 32.7. The van der Waals surface area contributed by atoms with E-state index in [4.69, 9.17) is 4.74 Å². The molecule has 1 aliphatic heterocycles. The van der Waals surface area contributed by atoms with Gasteiger partial charge >= 0.3 is 0 Å². The molecule has 1 heterocycles. The Hall–Kier alpha value is -1.87. The largest absolute Gasteiger partial charge is 0.379 e. The number of anilines is 1. The Morgan fingerprint density at radius 3 is 2.64 bits per heavy atom. The van der Waals surface area contributed by atoms with Crippen molar-refractivity contribution < 1.29 is 17.9 Å². The third-order valence-corrected chi connectivity index (χ3v) is 7.20. The molecule has 0 radical (unpaired) electrons. The number of nitrogens with one attached hydrogen (secondary N) is 1. The number of carbonyl (C=O) groups excluding carboxylic acids is 1. The summed E-state index contributed by atoms with van der Waals surface area (Å²) in [4.78, 5) is 12.8. The summed E-state index contributed by atoms with van der Waals surface area (Å²) in [5.74, 6) is 0.565. The number of sulfonamides is 1. The minimum atomic E-state index is -3.63. The molecule has 1 saturated heterocycles. The molecule has 3 rings (SSSR count). The average Bonchev–Trinajstić information content (AvgIpc) is 2.70. The average molecular weight is 421 g/mol. The number of morpholine rings is 1. The van der Waals surface area contributed by atoms with Crippen LogP contribution in [0.5, 0.6) is 0 Å². The predicted octanol–water partition coefficient (Wildman–Crippen LogP) is 3.13. The summed E-state index contributed by atoms with van der Waals surface area (Å²) in [6, 6.07) is 12.4. The molecule has 8 heteroatoms. The fourth-order valence-corrected chi connectivity index (χ4v) is 5.23. The van der Waals surface area contributed by atoms with Gasteiger partial charge in [-0.05, 0) is 48.6 Å². The minimum absolute atomic E-state index is 0.211. The van der Waals surface area contributed by atoms with E-state index in [-0.39, 0.29) is 10.8 Å². The Labute approximate surface area is 170 Å². The Balaban J connectivity index is 1.83. The van der Waals surface area contributed by atoms with E-state index in [9.17, 15) is 13.2 Å². The van der Waals surface area contributed by atoms with Crippen molar-refractivity contribution in [1.82, 2.24) is 4.31 Å². The molecule has 1 amide bonds. The van der Waals surface area contributed by atoms with Crippen LogP contribution in [-0.4, -0.2) is 51.2 Å². The quantitative estimate of drug-likeness (QED) is 0.777. The van der Waals surface area contributed by atoms with Gasteiger partial charge in [0.2, 0.25) is 10.0 Å². The van der Waals surface area contributed by atoms with Gasteiger partial charge in [-0.25, -0.2) is 8.42 Å². The smallest absolute Gasteiger partial charge is 0.255 e. The molecule has 0 aromatic heterocycles. The molecule has 150 valence electrons. The second-order valence-electron chi connectivity index (χ2n) is 6.58. The van der Waals surface area contributed by atoms with Crippen LogP contribution < -0.4 is 5.32 Å². The molecule has 1 aliphatic rings. The van der Waals surface area contributed by atoms with E-state index in [1.807, 2.05) is 24.5 Å². The first-order valence-electron chi connectivity index (χ1n) is 8.99. The number of benzene rings is 2. The molecule has 0 aliphatic carbocycles. The summed E-state index contributed by atoms with van der Waals surface area (Å²) in [5, 5.41) is 2.82. The van der Waals surface area contributed by atoms with Crippen LogP contribution >= 0.6 is 11.8 Å². The van der Waals surface area contributed by atoms with Gasteiger partial charge in [-0.1, -0.05) is 18.2 Å². The zero-order valence-electron chi connectivity index (χ0n) is 16.0. The number of thioether (sulfide) groups is 1. The Bertz CT molecular complexity index is 954. The maximum Gasteiger partial charge on any atom is 0.255 e. The van der Waals surface area contributed by atoms with Crippen LogP contribution in [0, 0.1) is 6.92 Å². The second kappa shape index (κ2) is 9.09. The molecule has 2 aromatic rings. The van der Waals surface area contributed by atoms with Gasteiger partial charge in [-0.2, -0.15) is 16.1 Å². The highest BCUT2D eigenvalue weighted by molar-refractivity contribution is 7.97. The van der Waals surface area contributed by atoms with E-state index in [0.29, 0.717) is 43.1 Å². The highest BCUT2D eigenvalue weighted by Crippen LogP contribution is 2.25. The lowest BCUT2D eigenvalue weighted by atomic mass is 10.1. The van der Waals surface area contributed by atoms with E-state index in [0.717, 1.165) is 11.3 Å². The number of hydrogen-bond acceptors (Lipinski definition) is 5. The monoisotopic (exact) mass is 420 g/mol. The minimum Gasteiger partial charge on any atom is -0.379 e. The fourth-order valence-electron chi connectivity index (χ4n) is 3.05. The van der Waals surface area contributed by atoms with Crippen molar-refractivity contribution in [3.8, 4) is 0 Å². The number of rotatable bonds is 6. The van der Waals surface area contributed by atoms with E-state index in [1.54, 1.807) is 36.9 Å². The zero-order chi connectivity index (χ0) is 20.1. The van der Waals surface area contributed by atoms with Crippen molar-refractivity contribution in [2.75, 3.05) is 37.9 Å². The molecule has 1 N–H and O–H groups in total. The molecule has 6 nitrogen and oxygen atoms in total. The van der Waals surface area contributed by atoms with Gasteiger partial charge in [0.05, 0.1) is 18.1 Å². The van der Waals surface area contributed by atoms with Crippen LogP contribution in [0.2, 0.25) is 0 Å². The lowest BCUT2D eigenvalue weighted by Gasteiger charge is -2.26. The van der Waals surface area contributed by atoms with E-state index in [2.05, 4.69) is 5.32 Å². The Morgan fingerprint density at radius 1 is 1.18 bits per heavy atom. The van der Waals surface area contributed by atoms with Crippen molar-refractivity contribution in [3.63, 3.8) is 0 Å². The maximum atomic E-state index is 13.0. The molecule has 0 unspecified atom stereocenters. The van der Waals surface area contributed by atoms with Crippen molar-refractivity contribution >= 4 is 33.4 Å². The van der Waals surface area contributed by atoms with Crippen molar-refractivity contribution in [2.45, 2.75) is 17.6 Å². The van der Waals surface area contributed by atoms with Gasteiger partial charge in [0, 0.05) is 30.1 Å². The Morgan fingerprint density at radius 2 is 1.93 bits per heavy atom. The van der Waals surface area contributed by atoms with Crippen LogP contribution in [0.15, 0.2) is 47.4 Å². The summed E-state index contributed by atoms with van der Waals surface area (Å²) >= 11 is 1.69. The van der Waals surface area contributed by atoms with Crippen molar-refractivity contribution in [1.29, 1.82) is 0 Å². The first-order chi connectivity index (χ1) is 13.4. The van der Waals surface area contributed by atoms with Gasteiger partial charge < -0.3 is 10.1 Å². The van der Waals surface area contributed by atoms with Gasteiger partial charge in [-0.15, -0.1) is 0 Å². The first-order valence-corrected chi connectivity index (χ1v) is 11.8. The summed E-state index contributed by atoms with van der Waals surface area (Å²) in [6.45, 7) is 3.20. The van der Waals surface area contributed by atoms with Crippen LogP contribution in [0.4, 0.5) is 5.69 Å². The SMILES string of the molecule is CSCc1cccc(C(=O)Nc2ccc(C)c(S(=O)(=O)N3CCOCC3)c2)c1. The van der Waals surface area contributed by atoms with E-state index < -0.39 is 10.0 Å². The van der Waals surface area contributed by atoms with Crippen LogP contribution in [0.25, 0.3) is 0 Å². The van der Waals surface area contributed by atoms with Gasteiger partial charge in [-0.3, -0.25) is 4.79 Å². The molecular formula is C20H24N2O4S2. The van der Waals surface area contributed by atoms with E-state index >= 15 is 0 Å². The third-order valence-electron chi connectivity index (χ3n) is 4.53. The molecule has 0 saturated carbocycles. The van der Waals surface area contributed by atoms with Crippen LogP contribution in [0.1, 0.15) is 21.5 Å². The van der Waals surface area contributed by atoms with Crippen LogP contribution in [0.3, 0.4) is 0 Å². The fraction of sp³-hybridized carbons (Fsp3) is 0.350. The van der Waals surface area contributed by atoms with Gasteiger partial charge in [0.15, 0.2) is 0 Å². The van der Waals surface area contributed by atoms with Crippen LogP contribution in [-0.2, 0) is 20.5 Å². The molecule has 2 aromatic carbocycles. The number of carbonyl (C=O) groups is 1. The lowest BCUT2D eigenvalue weighted by Crippen LogP contribution is -2.40. The molecule has 28 heavy (non-hydrogen) atoms. The lowest BCUT2D eigenvalue weighted by molar-refractivity contribution is 0.0730. The molecule has 0 bridgehead atoms. The summed E-state index contributed by atoms with van der Waals surface area (Å²) in [7, 11) is -3.63. The predicted molar refractivity (Wildman–Crippen MR) is 112 cm³/mol. The second-order valence-corrected chi connectivity index (χ2v) is 9.36. The molecule has 0 spiro atoms. The number of ether oxygens (including phenoxy) is 1. The highest BCUT2D eigenvalue weighted by atomic mass is 32.2.